The molecule has 1 aliphatic rings. The number of fused-ring (bicyclic) bond motifs is 2. The van der Waals surface area contributed by atoms with Gasteiger partial charge in [-0.25, -0.2) is 4.98 Å². The Morgan fingerprint density at radius 1 is 1.24 bits per heavy atom. The molecule has 4 rings (SSSR count). The molecule has 0 amide bonds. The first-order chi connectivity index (χ1) is 12.1. The maximum atomic E-state index is 11.3. The van der Waals surface area contributed by atoms with E-state index in [-0.39, 0.29) is 5.78 Å². The van der Waals surface area contributed by atoms with E-state index in [2.05, 4.69) is 38.8 Å². The fraction of sp³-hybridized carbons (Fsp3) is 0.444. The summed E-state index contributed by atoms with van der Waals surface area (Å²) in [7, 11) is 0. The predicted octanol–water partition coefficient (Wildman–Crippen LogP) is 3.44. The molecule has 0 fully saturated rings. The Morgan fingerprint density at radius 2 is 2.04 bits per heavy atom. The summed E-state index contributed by atoms with van der Waals surface area (Å²) in [5.41, 5.74) is 4.44. The van der Waals surface area contributed by atoms with Gasteiger partial charge in [-0.05, 0) is 38.0 Å². The molecular formula is C18H20N4OS2. The van der Waals surface area contributed by atoms with E-state index in [0.717, 1.165) is 42.0 Å². The number of hydrogen-bond donors (Lipinski definition) is 0. The highest BCUT2D eigenvalue weighted by molar-refractivity contribution is 7.11. The number of aromatic nitrogens is 3. The predicted molar refractivity (Wildman–Crippen MR) is 101 cm³/mol. The highest BCUT2D eigenvalue weighted by Gasteiger charge is 2.23. The van der Waals surface area contributed by atoms with Crippen LogP contribution in [0.2, 0.25) is 0 Å². The molecule has 1 unspecified atom stereocenters. The number of carbonyl (C=O) groups excluding carboxylic acids is 1. The molecular weight excluding hydrogens is 352 g/mol. The summed E-state index contributed by atoms with van der Waals surface area (Å²) in [6.07, 6.45) is 2.43. The minimum absolute atomic E-state index is 0.186. The largest absolute Gasteiger partial charge is 0.300 e. The van der Waals surface area contributed by atoms with Gasteiger partial charge in [0.15, 0.2) is 0 Å². The normalized spacial score (nSPS) is 16.6. The first-order valence-electron chi connectivity index (χ1n) is 8.53. The number of carbonyl (C=O) groups is 1. The van der Waals surface area contributed by atoms with Crippen molar-refractivity contribution in [2.45, 2.75) is 39.2 Å². The van der Waals surface area contributed by atoms with Gasteiger partial charge in [0.25, 0.3) is 0 Å². The lowest BCUT2D eigenvalue weighted by Crippen LogP contribution is -2.29. The number of hydrogen-bond acceptors (Lipinski definition) is 7. The van der Waals surface area contributed by atoms with E-state index in [9.17, 15) is 4.79 Å². The van der Waals surface area contributed by atoms with Gasteiger partial charge in [-0.15, -0.1) is 11.3 Å². The smallest absolute Gasteiger partial charge is 0.136 e. The van der Waals surface area contributed by atoms with Gasteiger partial charge in [-0.1, -0.05) is 6.07 Å². The van der Waals surface area contributed by atoms with Crippen molar-refractivity contribution in [1.82, 2.24) is 18.6 Å². The third kappa shape index (κ3) is 3.49. The molecule has 3 aromatic rings. The molecule has 2 aromatic heterocycles. The van der Waals surface area contributed by atoms with E-state index in [1.165, 1.54) is 27.9 Å². The van der Waals surface area contributed by atoms with Crippen LogP contribution in [0.1, 0.15) is 41.0 Å². The summed E-state index contributed by atoms with van der Waals surface area (Å²) in [6.45, 7) is 5.90. The van der Waals surface area contributed by atoms with Crippen molar-refractivity contribution in [2.24, 2.45) is 0 Å². The van der Waals surface area contributed by atoms with Crippen LogP contribution in [0, 0.1) is 0 Å². The Labute approximate surface area is 155 Å². The van der Waals surface area contributed by atoms with E-state index in [1.54, 1.807) is 18.3 Å². The molecule has 1 aliphatic heterocycles. The van der Waals surface area contributed by atoms with Crippen molar-refractivity contribution in [3.63, 3.8) is 0 Å². The molecule has 130 valence electrons. The third-order valence-electron chi connectivity index (χ3n) is 4.79. The summed E-state index contributed by atoms with van der Waals surface area (Å²) in [5, 5.41) is 0.973. The van der Waals surface area contributed by atoms with Gasteiger partial charge in [0.05, 0.1) is 23.8 Å². The van der Waals surface area contributed by atoms with Crippen molar-refractivity contribution >= 4 is 39.9 Å². The number of benzene rings is 1. The van der Waals surface area contributed by atoms with Crippen molar-refractivity contribution in [1.29, 1.82) is 0 Å². The number of rotatable bonds is 4. The average molecular weight is 373 g/mol. The molecule has 1 aromatic carbocycles. The van der Waals surface area contributed by atoms with Crippen LogP contribution in [0.25, 0.3) is 11.0 Å². The van der Waals surface area contributed by atoms with Gasteiger partial charge in [-0.3, -0.25) is 9.69 Å². The number of Topliss-reactive ketones (excluding diaryl/α,β-unsaturated/α-hetero) is 1. The molecule has 0 aliphatic carbocycles. The average Bonchev–Trinajstić information content (AvgIpc) is 3.15. The molecule has 3 heterocycles. The lowest BCUT2D eigenvalue weighted by molar-refractivity contribution is -0.116. The Hall–Kier alpha value is -1.70. The molecule has 0 saturated heterocycles. The first kappa shape index (κ1) is 16.8. The summed E-state index contributed by atoms with van der Waals surface area (Å²) in [4.78, 5) is 19.9. The van der Waals surface area contributed by atoms with Crippen LogP contribution in [-0.4, -0.2) is 37.5 Å². The fourth-order valence-corrected chi connectivity index (χ4v) is 5.07. The van der Waals surface area contributed by atoms with Crippen LogP contribution in [0.15, 0.2) is 18.2 Å². The van der Waals surface area contributed by atoms with Crippen molar-refractivity contribution in [2.75, 3.05) is 13.1 Å². The lowest BCUT2D eigenvalue weighted by Gasteiger charge is -2.27. The molecule has 0 N–H and O–H groups in total. The van der Waals surface area contributed by atoms with Crippen molar-refractivity contribution in [3.05, 3.63) is 39.3 Å². The summed E-state index contributed by atoms with van der Waals surface area (Å²) in [6, 6.07) is 6.73. The fourth-order valence-electron chi connectivity index (χ4n) is 3.38. The number of thiazole rings is 1. The Morgan fingerprint density at radius 3 is 2.88 bits per heavy atom. The number of nitrogens with zero attached hydrogens (tertiary/aromatic N) is 4. The topological polar surface area (TPSA) is 59.0 Å². The highest BCUT2D eigenvalue weighted by atomic mass is 32.1. The molecule has 5 nitrogen and oxygen atoms in total. The van der Waals surface area contributed by atoms with Gasteiger partial charge in [0.2, 0.25) is 0 Å². The minimum atomic E-state index is 0.186. The SMILES string of the molecule is CC(=O)Cc1nc2c(s1)CCN(C(C)c1ccc3nsnc3c1)CC2. The minimum Gasteiger partial charge on any atom is -0.300 e. The van der Waals surface area contributed by atoms with E-state index >= 15 is 0 Å². The Balaban J connectivity index is 1.49. The summed E-state index contributed by atoms with van der Waals surface area (Å²) >= 11 is 2.98. The second-order valence-corrected chi connectivity index (χ2v) is 8.28. The second-order valence-electron chi connectivity index (χ2n) is 6.58. The van der Waals surface area contributed by atoms with Crippen LogP contribution in [0.4, 0.5) is 0 Å². The number of ketones is 1. The molecule has 1 atom stereocenters. The second kappa shape index (κ2) is 6.90. The van der Waals surface area contributed by atoms with Crippen LogP contribution in [0.5, 0.6) is 0 Å². The molecule has 0 saturated carbocycles. The monoisotopic (exact) mass is 372 g/mol. The van der Waals surface area contributed by atoms with E-state index in [1.807, 2.05) is 0 Å². The first-order valence-corrected chi connectivity index (χ1v) is 10.1. The van der Waals surface area contributed by atoms with Crippen molar-refractivity contribution in [3.8, 4) is 0 Å². The molecule has 0 spiro atoms. The van der Waals surface area contributed by atoms with Crippen LogP contribution >= 0.6 is 23.1 Å². The van der Waals surface area contributed by atoms with Crippen molar-refractivity contribution < 1.29 is 4.79 Å². The Bertz CT molecular complexity index is 891. The standard InChI is InChI=1S/C18H20N4OS2/c1-11(23)9-18-19-15-5-7-22(8-6-17(15)24-18)12(2)13-3-4-14-16(10-13)21-25-20-14/h3-4,10,12H,5-9H2,1-2H3. The zero-order chi connectivity index (χ0) is 17.4. The van der Waals surface area contributed by atoms with E-state index in [4.69, 9.17) is 4.98 Å². The molecule has 7 heteroatoms. The van der Waals surface area contributed by atoms with Gasteiger partial charge in [0, 0.05) is 30.4 Å². The van der Waals surface area contributed by atoms with Gasteiger partial charge in [0.1, 0.15) is 21.8 Å². The van der Waals surface area contributed by atoms with Gasteiger partial charge in [-0.2, -0.15) is 8.75 Å². The zero-order valence-electron chi connectivity index (χ0n) is 14.4. The lowest BCUT2D eigenvalue weighted by atomic mass is 10.1. The van der Waals surface area contributed by atoms with Crippen LogP contribution < -0.4 is 0 Å². The molecule has 0 radical (unpaired) electrons. The quantitative estimate of drug-likeness (QED) is 0.702. The van der Waals surface area contributed by atoms with Crippen LogP contribution in [0.3, 0.4) is 0 Å². The maximum absolute atomic E-state index is 11.3. The van der Waals surface area contributed by atoms with Gasteiger partial charge >= 0.3 is 0 Å². The summed E-state index contributed by atoms with van der Waals surface area (Å²) in [5.74, 6) is 0.186. The van der Waals surface area contributed by atoms with Gasteiger partial charge < -0.3 is 0 Å². The van der Waals surface area contributed by atoms with E-state index < -0.39 is 0 Å². The van der Waals surface area contributed by atoms with Crippen LogP contribution in [-0.2, 0) is 24.1 Å². The van der Waals surface area contributed by atoms with E-state index in [0.29, 0.717) is 12.5 Å². The maximum Gasteiger partial charge on any atom is 0.136 e. The third-order valence-corrected chi connectivity index (χ3v) is 6.51. The highest BCUT2D eigenvalue weighted by Crippen LogP contribution is 2.28. The zero-order valence-corrected chi connectivity index (χ0v) is 16.0. The Kier molecular flexibility index (Phi) is 4.62. The molecule has 0 bridgehead atoms. The summed E-state index contributed by atoms with van der Waals surface area (Å²) < 4.78 is 8.64. The molecule has 25 heavy (non-hydrogen) atoms.